The third-order valence-electron chi connectivity index (χ3n) is 5.55. The average Bonchev–Trinajstić information content (AvgIpc) is 3.06. The van der Waals surface area contributed by atoms with Gasteiger partial charge in [0.1, 0.15) is 5.65 Å². The first-order chi connectivity index (χ1) is 13.0. The van der Waals surface area contributed by atoms with Crippen molar-refractivity contribution in [2.45, 2.75) is 27.7 Å². The monoisotopic (exact) mass is 350 g/mol. The minimum Gasteiger partial charge on any atom is -0.292 e. The lowest BCUT2D eigenvalue weighted by Gasteiger charge is -2.14. The van der Waals surface area contributed by atoms with Crippen molar-refractivity contribution in [2.24, 2.45) is 0 Å². The van der Waals surface area contributed by atoms with Crippen LogP contribution in [0.25, 0.3) is 38.6 Å². The zero-order valence-corrected chi connectivity index (χ0v) is 16.2. The third-order valence-corrected chi connectivity index (χ3v) is 5.55. The molecule has 0 saturated carbocycles. The number of nitrogens with zero attached hydrogens (tertiary/aromatic N) is 2. The van der Waals surface area contributed by atoms with E-state index in [-0.39, 0.29) is 0 Å². The van der Waals surface area contributed by atoms with Gasteiger partial charge in [-0.3, -0.25) is 4.40 Å². The maximum atomic E-state index is 4.87. The maximum Gasteiger partial charge on any atom is 0.145 e. The molecule has 0 saturated heterocycles. The summed E-state index contributed by atoms with van der Waals surface area (Å²) >= 11 is 0. The topological polar surface area (TPSA) is 17.3 Å². The van der Waals surface area contributed by atoms with Crippen molar-refractivity contribution >= 4 is 27.3 Å². The Morgan fingerprint density at radius 2 is 1.41 bits per heavy atom. The molecule has 0 fully saturated rings. The highest BCUT2D eigenvalue weighted by molar-refractivity contribution is 6.12. The molecule has 27 heavy (non-hydrogen) atoms. The summed E-state index contributed by atoms with van der Waals surface area (Å²) in [7, 11) is 0. The lowest BCUT2D eigenvalue weighted by molar-refractivity contribution is 1.23. The highest BCUT2D eigenvalue weighted by Gasteiger charge is 2.16. The summed E-state index contributed by atoms with van der Waals surface area (Å²) in [6.07, 6.45) is 2.04. The van der Waals surface area contributed by atoms with Crippen molar-refractivity contribution < 1.29 is 0 Å². The van der Waals surface area contributed by atoms with Crippen LogP contribution >= 0.6 is 0 Å². The Labute approximate surface area is 159 Å². The Morgan fingerprint density at radius 3 is 2.15 bits per heavy atom. The number of aromatic nitrogens is 2. The van der Waals surface area contributed by atoms with Crippen LogP contribution in [0.2, 0.25) is 0 Å². The fourth-order valence-corrected chi connectivity index (χ4v) is 4.51. The Bertz CT molecular complexity index is 1330. The Balaban J connectivity index is 2.03. The van der Waals surface area contributed by atoms with E-state index in [1.807, 2.05) is 6.20 Å². The van der Waals surface area contributed by atoms with Crippen molar-refractivity contribution in [3.05, 3.63) is 83.0 Å². The minimum absolute atomic E-state index is 1.03. The quantitative estimate of drug-likeness (QED) is 0.314. The largest absolute Gasteiger partial charge is 0.292 e. The van der Waals surface area contributed by atoms with Crippen LogP contribution < -0.4 is 0 Å². The fraction of sp³-hybridized carbons (Fsp3) is 0.160. The average molecular weight is 350 g/mol. The summed E-state index contributed by atoms with van der Waals surface area (Å²) < 4.78 is 2.34. The summed E-state index contributed by atoms with van der Waals surface area (Å²) in [6, 6.07) is 19.8. The van der Waals surface area contributed by atoms with Crippen molar-refractivity contribution in [1.82, 2.24) is 9.38 Å². The van der Waals surface area contributed by atoms with Gasteiger partial charge in [-0.2, -0.15) is 0 Å². The second-order valence-corrected chi connectivity index (χ2v) is 7.64. The van der Waals surface area contributed by atoms with Crippen LogP contribution in [0.1, 0.15) is 22.3 Å². The highest BCUT2D eigenvalue weighted by Crippen LogP contribution is 2.35. The van der Waals surface area contributed by atoms with Crippen LogP contribution in [0, 0.1) is 27.7 Å². The van der Waals surface area contributed by atoms with Crippen LogP contribution in [0.5, 0.6) is 0 Å². The summed E-state index contributed by atoms with van der Waals surface area (Å²) in [6.45, 7) is 8.70. The molecule has 0 aliphatic carbocycles. The molecule has 5 aromatic rings. The molecule has 132 valence electrons. The van der Waals surface area contributed by atoms with Crippen LogP contribution in [-0.2, 0) is 0 Å². The van der Waals surface area contributed by atoms with Gasteiger partial charge in [0.15, 0.2) is 0 Å². The normalized spacial score (nSPS) is 11.7. The second kappa shape index (κ2) is 5.68. The molecule has 0 unspecified atom stereocenters. The summed E-state index contributed by atoms with van der Waals surface area (Å²) in [5.74, 6) is 0. The van der Waals surface area contributed by atoms with Crippen LogP contribution in [0.15, 0.2) is 60.8 Å². The van der Waals surface area contributed by atoms with E-state index in [4.69, 9.17) is 4.98 Å². The van der Waals surface area contributed by atoms with Crippen molar-refractivity contribution in [1.29, 1.82) is 0 Å². The predicted octanol–water partition coefficient (Wildman–Crippen LogP) is 6.54. The molecule has 0 spiro atoms. The Kier molecular flexibility index (Phi) is 3.38. The number of pyridine rings is 1. The number of fused-ring (bicyclic) bond motifs is 6. The first-order valence-electron chi connectivity index (χ1n) is 9.41. The van der Waals surface area contributed by atoms with Gasteiger partial charge in [0.25, 0.3) is 0 Å². The van der Waals surface area contributed by atoms with E-state index < -0.39 is 0 Å². The van der Waals surface area contributed by atoms with Crippen LogP contribution in [0.4, 0.5) is 0 Å². The molecule has 2 heteroatoms. The standard InChI is InChI=1S/C25H22N2/c1-15-9-10-20-19-7-5-6-8-21(19)25-26-14-23(27(25)22(20)13-15)24-17(3)11-16(2)12-18(24)4/h5-14H,1-4H3. The SMILES string of the molecule is Cc1cc(C)c(-c2cnc3c4ccccc4c4ccc(C)cc4n23)c(C)c1. The summed E-state index contributed by atoms with van der Waals surface area (Å²) in [5.41, 5.74) is 9.84. The van der Waals surface area contributed by atoms with E-state index in [1.165, 1.54) is 55.2 Å². The summed E-state index contributed by atoms with van der Waals surface area (Å²) in [4.78, 5) is 4.87. The Hall–Kier alpha value is -3.13. The van der Waals surface area contributed by atoms with E-state index in [1.54, 1.807) is 0 Å². The number of imidazole rings is 1. The van der Waals surface area contributed by atoms with Crippen molar-refractivity contribution in [3.8, 4) is 11.3 Å². The molecule has 0 amide bonds. The van der Waals surface area contributed by atoms with Gasteiger partial charge < -0.3 is 0 Å². The van der Waals surface area contributed by atoms with E-state index in [9.17, 15) is 0 Å². The zero-order valence-electron chi connectivity index (χ0n) is 16.2. The van der Waals surface area contributed by atoms with Gasteiger partial charge in [-0.15, -0.1) is 0 Å². The molecular weight excluding hydrogens is 328 g/mol. The van der Waals surface area contributed by atoms with E-state index in [2.05, 4.69) is 86.7 Å². The number of rotatable bonds is 1. The maximum absolute atomic E-state index is 4.87. The van der Waals surface area contributed by atoms with Gasteiger partial charge in [-0.1, -0.05) is 54.1 Å². The molecule has 0 radical (unpaired) electrons. The van der Waals surface area contributed by atoms with E-state index in [0.29, 0.717) is 0 Å². The number of hydrogen-bond donors (Lipinski definition) is 0. The molecular formula is C25H22N2. The molecule has 0 N–H and O–H groups in total. The lowest BCUT2D eigenvalue weighted by atomic mass is 9.97. The third kappa shape index (κ3) is 2.30. The number of hydrogen-bond acceptors (Lipinski definition) is 1. The first kappa shape index (κ1) is 16.1. The Morgan fingerprint density at radius 1 is 0.704 bits per heavy atom. The molecule has 0 bridgehead atoms. The van der Waals surface area contributed by atoms with Gasteiger partial charge in [0.2, 0.25) is 0 Å². The molecule has 0 aliphatic heterocycles. The van der Waals surface area contributed by atoms with Crippen molar-refractivity contribution in [2.75, 3.05) is 0 Å². The van der Waals surface area contributed by atoms with Crippen LogP contribution in [-0.4, -0.2) is 9.38 Å². The molecule has 5 rings (SSSR count). The number of benzene rings is 3. The summed E-state index contributed by atoms with van der Waals surface area (Å²) in [5, 5.41) is 3.72. The molecule has 2 nitrogen and oxygen atoms in total. The van der Waals surface area contributed by atoms with Crippen LogP contribution in [0.3, 0.4) is 0 Å². The smallest absolute Gasteiger partial charge is 0.145 e. The van der Waals surface area contributed by atoms with Gasteiger partial charge in [-0.25, -0.2) is 4.98 Å². The molecule has 0 aliphatic rings. The van der Waals surface area contributed by atoms with Crippen molar-refractivity contribution in [3.63, 3.8) is 0 Å². The fourth-order valence-electron chi connectivity index (χ4n) is 4.51. The zero-order chi connectivity index (χ0) is 18.7. The highest BCUT2D eigenvalue weighted by atomic mass is 15.0. The van der Waals surface area contributed by atoms with Gasteiger partial charge in [0.05, 0.1) is 17.4 Å². The predicted molar refractivity (Wildman–Crippen MR) is 115 cm³/mol. The van der Waals surface area contributed by atoms with Gasteiger partial charge >= 0.3 is 0 Å². The minimum atomic E-state index is 1.03. The van der Waals surface area contributed by atoms with Gasteiger partial charge in [0, 0.05) is 16.3 Å². The van der Waals surface area contributed by atoms with Gasteiger partial charge in [-0.05, 0) is 55.8 Å². The molecule has 2 aromatic heterocycles. The molecule has 0 atom stereocenters. The molecule has 2 heterocycles. The van der Waals surface area contributed by atoms with E-state index >= 15 is 0 Å². The second-order valence-electron chi connectivity index (χ2n) is 7.64. The van der Waals surface area contributed by atoms with E-state index in [0.717, 1.165) is 5.65 Å². The lowest BCUT2D eigenvalue weighted by Crippen LogP contribution is -1.97. The molecule has 3 aromatic carbocycles. The first-order valence-corrected chi connectivity index (χ1v) is 9.41. The number of aryl methyl sites for hydroxylation is 4.